The molecule has 0 saturated heterocycles. The van der Waals surface area contributed by atoms with Crippen LogP contribution < -0.4 is 0 Å². The number of rotatable bonds is 3. The van der Waals surface area contributed by atoms with Gasteiger partial charge in [-0.25, -0.2) is 0 Å². The molecule has 0 amide bonds. The van der Waals surface area contributed by atoms with Crippen LogP contribution in [0.1, 0.15) is 26.2 Å². The molecule has 0 aromatic heterocycles. The van der Waals surface area contributed by atoms with Crippen LogP contribution in [0.25, 0.3) is 0 Å². The molecule has 1 aliphatic rings. The van der Waals surface area contributed by atoms with E-state index in [2.05, 4.69) is 31.1 Å². The Morgan fingerprint density at radius 2 is 2.24 bits per heavy atom. The Hall–Kier alpha value is -0.970. The maximum atomic E-state index is 6.31. The van der Waals surface area contributed by atoms with Crippen molar-refractivity contribution in [1.82, 2.24) is 0 Å². The molecule has 0 saturated carbocycles. The van der Waals surface area contributed by atoms with Gasteiger partial charge < -0.3 is 4.74 Å². The number of ether oxygens (including phenoxy) is 1. The van der Waals surface area contributed by atoms with Crippen molar-refractivity contribution in [2.45, 2.75) is 43.8 Å². The smallest absolute Gasteiger partial charge is 0.0816 e. The molecule has 2 heteroatoms. The first-order valence-electron chi connectivity index (χ1n) is 6.02. The minimum absolute atomic E-state index is 0.0229. The first-order chi connectivity index (χ1) is 8.27. The SMILES string of the molecule is C#C/C=C\C[C@@H]1O[C@@H](CC)/C=C\C/C=C\[C@@H]1Cl. The van der Waals surface area contributed by atoms with Crippen molar-refractivity contribution < 1.29 is 4.74 Å². The van der Waals surface area contributed by atoms with Crippen LogP contribution in [0.2, 0.25) is 0 Å². The van der Waals surface area contributed by atoms with E-state index in [0.29, 0.717) is 0 Å². The molecular weight excluding hydrogens is 232 g/mol. The van der Waals surface area contributed by atoms with Gasteiger partial charge in [-0.2, -0.15) is 0 Å². The predicted molar refractivity (Wildman–Crippen MR) is 74.1 cm³/mol. The molecule has 1 heterocycles. The van der Waals surface area contributed by atoms with Crippen LogP contribution >= 0.6 is 11.6 Å². The van der Waals surface area contributed by atoms with Gasteiger partial charge in [-0.3, -0.25) is 0 Å². The standard InChI is InChI=1S/C15H19ClO/c1-3-5-7-12-15-14(16)11-9-6-8-10-13(4-2)17-15/h1,5,7-11,13-15H,4,6,12H2,2H3/b7-5-,10-8-,11-9-/t13-,14-,15-/m0/s1. The fourth-order valence-corrected chi connectivity index (χ4v) is 1.94. The van der Waals surface area contributed by atoms with E-state index in [1.165, 1.54) is 0 Å². The molecule has 1 nitrogen and oxygen atoms in total. The van der Waals surface area contributed by atoms with Gasteiger partial charge in [-0.1, -0.05) is 43.2 Å². The van der Waals surface area contributed by atoms with Crippen LogP contribution in [0.5, 0.6) is 0 Å². The monoisotopic (exact) mass is 250 g/mol. The first kappa shape index (κ1) is 14.1. The van der Waals surface area contributed by atoms with Gasteiger partial charge in [-0.15, -0.1) is 18.0 Å². The fraction of sp³-hybridized carbons (Fsp3) is 0.467. The largest absolute Gasteiger partial charge is 0.369 e. The zero-order chi connectivity index (χ0) is 12.5. The van der Waals surface area contributed by atoms with E-state index >= 15 is 0 Å². The van der Waals surface area contributed by atoms with E-state index in [4.69, 9.17) is 22.8 Å². The Bertz CT molecular complexity index is 335. The Morgan fingerprint density at radius 1 is 1.47 bits per heavy atom. The van der Waals surface area contributed by atoms with Gasteiger partial charge in [0.15, 0.2) is 0 Å². The molecule has 0 fully saturated rings. The van der Waals surface area contributed by atoms with Gasteiger partial charge in [0, 0.05) is 0 Å². The summed E-state index contributed by atoms with van der Waals surface area (Å²) < 4.78 is 5.99. The van der Waals surface area contributed by atoms with Crippen molar-refractivity contribution in [3.05, 3.63) is 36.5 Å². The molecule has 0 radical (unpaired) electrons. The van der Waals surface area contributed by atoms with Gasteiger partial charge in [0.1, 0.15) is 0 Å². The lowest BCUT2D eigenvalue weighted by atomic mass is 10.1. The van der Waals surface area contributed by atoms with Gasteiger partial charge >= 0.3 is 0 Å². The Labute approximate surface area is 109 Å². The molecule has 1 rings (SSSR count). The Balaban J connectivity index is 2.70. The Kier molecular flexibility index (Phi) is 6.77. The van der Waals surface area contributed by atoms with E-state index in [1.807, 2.05) is 12.2 Å². The molecule has 0 bridgehead atoms. The summed E-state index contributed by atoms with van der Waals surface area (Å²) in [6.07, 6.45) is 19.8. The second-order valence-electron chi connectivity index (χ2n) is 3.96. The summed E-state index contributed by atoms with van der Waals surface area (Å²) in [6.45, 7) is 2.11. The van der Waals surface area contributed by atoms with Crippen LogP contribution in [-0.2, 0) is 4.74 Å². The topological polar surface area (TPSA) is 9.23 Å². The van der Waals surface area contributed by atoms with Crippen LogP contribution in [0.15, 0.2) is 36.5 Å². The van der Waals surface area contributed by atoms with E-state index in [-0.39, 0.29) is 17.6 Å². The van der Waals surface area contributed by atoms with Gasteiger partial charge in [0.05, 0.1) is 17.6 Å². The second kappa shape index (κ2) is 8.17. The number of allylic oxidation sites excluding steroid dienone is 3. The molecule has 0 unspecified atom stereocenters. The molecule has 0 aromatic carbocycles. The van der Waals surface area contributed by atoms with Gasteiger partial charge in [0.2, 0.25) is 0 Å². The maximum Gasteiger partial charge on any atom is 0.0816 e. The van der Waals surface area contributed by atoms with Crippen molar-refractivity contribution >= 4 is 11.6 Å². The molecule has 17 heavy (non-hydrogen) atoms. The minimum Gasteiger partial charge on any atom is -0.369 e. The quantitative estimate of drug-likeness (QED) is 0.420. The van der Waals surface area contributed by atoms with Crippen LogP contribution in [-0.4, -0.2) is 17.6 Å². The zero-order valence-electron chi connectivity index (χ0n) is 10.2. The molecule has 0 spiro atoms. The highest BCUT2D eigenvalue weighted by atomic mass is 35.5. The summed E-state index contributed by atoms with van der Waals surface area (Å²) >= 11 is 6.31. The van der Waals surface area contributed by atoms with Gasteiger partial charge in [0.25, 0.3) is 0 Å². The third kappa shape index (κ3) is 5.26. The van der Waals surface area contributed by atoms with Crippen LogP contribution in [0.4, 0.5) is 0 Å². The van der Waals surface area contributed by atoms with E-state index in [1.54, 1.807) is 6.08 Å². The summed E-state index contributed by atoms with van der Waals surface area (Å²) in [6, 6.07) is 0. The van der Waals surface area contributed by atoms with Crippen LogP contribution in [0, 0.1) is 12.3 Å². The van der Waals surface area contributed by atoms with E-state index in [0.717, 1.165) is 19.3 Å². The third-order valence-electron chi connectivity index (χ3n) is 2.63. The van der Waals surface area contributed by atoms with Crippen molar-refractivity contribution in [3.8, 4) is 12.3 Å². The Morgan fingerprint density at radius 3 is 2.94 bits per heavy atom. The highest BCUT2D eigenvalue weighted by Crippen LogP contribution is 2.19. The predicted octanol–water partition coefficient (Wildman–Crippen LogP) is 3.85. The number of hydrogen-bond acceptors (Lipinski definition) is 1. The summed E-state index contributed by atoms with van der Waals surface area (Å²) in [5.74, 6) is 2.48. The van der Waals surface area contributed by atoms with Crippen molar-refractivity contribution in [2.24, 2.45) is 0 Å². The first-order valence-corrected chi connectivity index (χ1v) is 6.45. The van der Waals surface area contributed by atoms with Crippen molar-refractivity contribution in [1.29, 1.82) is 0 Å². The fourth-order valence-electron chi connectivity index (χ4n) is 1.67. The summed E-state index contributed by atoms with van der Waals surface area (Å²) in [5.41, 5.74) is 0. The normalized spacial score (nSPS) is 33.4. The van der Waals surface area contributed by atoms with Crippen LogP contribution in [0.3, 0.4) is 0 Å². The molecular formula is C15H19ClO. The number of terminal acetylenes is 1. The lowest BCUT2D eigenvalue weighted by Gasteiger charge is -2.23. The summed E-state index contributed by atoms with van der Waals surface area (Å²) in [7, 11) is 0. The average molecular weight is 251 g/mol. The highest BCUT2D eigenvalue weighted by Gasteiger charge is 2.19. The molecule has 0 aromatic rings. The number of halogens is 1. The van der Waals surface area contributed by atoms with E-state index in [9.17, 15) is 0 Å². The van der Waals surface area contributed by atoms with Crippen molar-refractivity contribution in [2.75, 3.05) is 0 Å². The highest BCUT2D eigenvalue weighted by molar-refractivity contribution is 6.22. The van der Waals surface area contributed by atoms with Gasteiger partial charge in [-0.05, 0) is 25.3 Å². The molecule has 3 atom stereocenters. The van der Waals surface area contributed by atoms with Crippen molar-refractivity contribution in [3.63, 3.8) is 0 Å². The summed E-state index contributed by atoms with van der Waals surface area (Å²) in [4.78, 5) is 0. The molecule has 92 valence electrons. The number of alkyl halides is 1. The maximum absolute atomic E-state index is 6.31. The molecule has 1 aliphatic heterocycles. The molecule has 0 aliphatic carbocycles. The lowest BCUT2D eigenvalue weighted by Crippen LogP contribution is -2.27. The van der Waals surface area contributed by atoms with E-state index < -0.39 is 0 Å². The summed E-state index contributed by atoms with van der Waals surface area (Å²) in [5, 5.41) is -0.105. The third-order valence-corrected chi connectivity index (χ3v) is 3.06. The number of hydrogen-bond donors (Lipinski definition) is 0. The minimum atomic E-state index is -0.105. The lowest BCUT2D eigenvalue weighted by molar-refractivity contribution is 0.0175. The molecule has 0 N–H and O–H groups in total. The second-order valence-corrected chi connectivity index (χ2v) is 4.47. The average Bonchev–Trinajstić information content (AvgIpc) is 2.42. The zero-order valence-corrected chi connectivity index (χ0v) is 10.9.